The number of aliphatic hydroxyl groups excluding tert-OH is 1. The van der Waals surface area contributed by atoms with Crippen LogP contribution < -0.4 is 5.32 Å². The molecule has 1 aliphatic carbocycles. The fourth-order valence-electron chi connectivity index (χ4n) is 2.71. The number of nitrogens with one attached hydrogen (secondary N) is 1. The van der Waals surface area contributed by atoms with Gasteiger partial charge in [0.25, 0.3) is 0 Å². The third-order valence-corrected chi connectivity index (χ3v) is 4.85. The molecule has 15 heavy (non-hydrogen) atoms. The maximum atomic E-state index is 9.08. The van der Waals surface area contributed by atoms with Gasteiger partial charge in [0.05, 0.1) is 0 Å². The molecule has 88 valence electrons. The summed E-state index contributed by atoms with van der Waals surface area (Å²) in [5, 5.41) is 12.9. The quantitative estimate of drug-likeness (QED) is 0.776. The Hall–Kier alpha value is 0.270. The Labute approximate surface area is 97.2 Å². The van der Waals surface area contributed by atoms with Crippen LogP contribution in [0.1, 0.15) is 38.5 Å². The van der Waals surface area contributed by atoms with Crippen molar-refractivity contribution < 1.29 is 5.11 Å². The average Bonchev–Trinajstić information content (AvgIpc) is 2.31. The van der Waals surface area contributed by atoms with Crippen LogP contribution >= 0.6 is 11.8 Å². The van der Waals surface area contributed by atoms with Crippen molar-refractivity contribution in [3.8, 4) is 0 Å². The second kappa shape index (κ2) is 6.12. The van der Waals surface area contributed by atoms with Crippen molar-refractivity contribution >= 4 is 11.8 Å². The van der Waals surface area contributed by atoms with E-state index in [1.807, 2.05) is 0 Å². The third kappa shape index (κ3) is 3.65. The maximum Gasteiger partial charge on any atom is 0.0459 e. The highest BCUT2D eigenvalue weighted by Gasteiger charge is 2.23. The van der Waals surface area contributed by atoms with Crippen LogP contribution in [-0.2, 0) is 0 Å². The van der Waals surface area contributed by atoms with Crippen molar-refractivity contribution in [3.63, 3.8) is 0 Å². The first-order valence-corrected chi connectivity index (χ1v) is 7.48. The summed E-state index contributed by atoms with van der Waals surface area (Å²) in [5.41, 5.74) is 0. The average molecular weight is 229 g/mol. The Kier molecular flexibility index (Phi) is 4.79. The van der Waals surface area contributed by atoms with Gasteiger partial charge in [0, 0.05) is 18.7 Å². The predicted octanol–water partition coefficient (Wildman–Crippen LogP) is 2.02. The first-order valence-electron chi connectivity index (χ1n) is 6.33. The van der Waals surface area contributed by atoms with Gasteiger partial charge in [-0.05, 0) is 55.9 Å². The van der Waals surface area contributed by atoms with Crippen LogP contribution in [0.15, 0.2) is 0 Å². The van der Waals surface area contributed by atoms with Crippen molar-refractivity contribution in [2.45, 2.75) is 50.6 Å². The molecule has 0 aromatic carbocycles. The molecule has 2 aliphatic rings. The molecule has 0 aromatic rings. The number of thioether (sulfide) groups is 1. The van der Waals surface area contributed by atoms with Gasteiger partial charge in [-0.2, -0.15) is 11.8 Å². The number of rotatable bonds is 3. The molecule has 0 amide bonds. The van der Waals surface area contributed by atoms with Crippen LogP contribution in [0, 0.1) is 5.92 Å². The SMILES string of the molecule is OCC1CCC(NC2CCSCC2)CC1. The lowest BCUT2D eigenvalue weighted by molar-refractivity contribution is 0.171. The lowest BCUT2D eigenvalue weighted by Gasteiger charge is -2.33. The number of hydrogen-bond acceptors (Lipinski definition) is 3. The summed E-state index contributed by atoms with van der Waals surface area (Å²) >= 11 is 2.09. The molecule has 2 rings (SSSR count). The van der Waals surface area contributed by atoms with Crippen LogP contribution in [-0.4, -0.2) is 35.3 Å². The molecule has 3 heteroatoms. The monoisotopic (exact) mass is 229 g/mol. The van der Waals surface area contributed by atoms with Gasteiger partial charge >= 0.3 is 0 Å². The minimum absolute atomic E-state index is 0.396. The Bertz CT molecular complexity index is 174. The van der Waals surface area contributed by atoms with E-state index in [0.29, 0.717) is 12.5 Å². The van der Waals surface area contributed by atoms with E-state index in [-0.39, 0.29) is 0 Å². The summed E-state index contributed by atoms with van der Waals surface area (Å²) in [6.07, 6.45) is 7.68. The summed E-state index contributed by atoms with van der Waals surface area (Å²) in [5.74, 6) is 3.26. The Morgan fingerprint density at radius 1 is 0.933 bits per heavy atom. The van der Waals surface area contributed by atoms with Crippen LogP contribution in [0.25, 0.3) is 0 Å². The van der Waals surface area contributed by atoms with Crippen LogP contribution in [0.5, 0.6) is 0 Å². The molecule has 1 saturated heterocycles. The van der Waals surface area contributed by atoms with Gasteiger partial charge in [0.1, 0.15) is 0 Å². The zero-order valence-electron chi connectivity index (χ0n) is 9.45. The van der Waals surface area contributed by atoms with Gasteiger partial charge in [0.2, 0.25) is 0 Å². The Morgan fingerprint density at radius 2 is 1.53 bits per heavy atom. The fraction of sp³-hybridized carbons (Fsp3) is 1.00. The predicted molar refractivity (Wildman–Crippen MR) is 66.3 cm³/mol. The highest BCUT2D eigenvalue weighted by molar-refractivity contribution is 7.99. The molecule has 2 N–H and O–H groups in total. The van der Waals surface area contributed by atoms with Crippen molar-refractivity contribution in [1.82, 2.24) is 5.32 Å². The first kappa shape index (κ1) is 11.7. The zero-order valence-corrected chi connectivity index (χ0v) is 10.3. The number of hydrogen-bond donors (Lipinski definition) is 2. The molecule has 1 saturated carbocycles. The summed E-state index contributed by atoms with van der Waals surface area (Å²) in [6, 6.07) is 1.52. The van der Waals surface area contributed by atoms with Crippen molar-refractivity contribution in [3.05, 3.63) is 0 Å². The molecule has 2 fully saturated rings. The second-order valence-corrected chi connectivity index (χ2v) is 6.18. The summed E-state index contributed by atoms with van der Waals surface area (Å²) in [4.78, 5) is 0. The second-order valence-electron chi connectivity index (χ2n) is 4.95. The lowest BCUT2D eigenvalue weighted by atomic mass is 9.86. The highest BCUT2D eigenvalue weighted by Crippen LogP contribution is 2.25. The van der Waals surface area contributed by atoms with Crippen molar-refractivity contribution in [2.24, 2.45) is 5.92 Å². The molecule has 0 spiro atoms. The lowest BCUT2D eigenvalue weighted by Crippen LogP contribution is -2.42. The molecule has 1 aliphatic heterocycles. The van der Waals surface area contributed by atoms with Crippen molar-refractivity contribution in [2.75, 3.05) is 18.1 Å². The molecule has 0 radical (unpaired) electrons. The standard InChI is InChI=1S/C12H23NOS/c14-9-10-1-3-11(4-2-10)13-12-5-7-15-8-6-12/h10-14H,1-9H2. The van der Waals surface area contributed by atoms with Gasteiger partial charge in [-0.3, -0.25) is 0 Å². The van der Waals surface area contributed by atoms with E-state index in [1.54, 1.807) is 0 Å². The van der Waals surface area contributed by atoms with Gasteiger partial charge in [-0.15, -0.1) is 0 Å². The Balaban J connectivity index is 1.67. The van der Waals surface area contributed by atoms with Gasteiger partial charge in [-0.1, -0.05) is 0 Å². The fourth-order valence-corrected chi connectivity index (χ4v) is 3.82. The van der Waals surface area contributed by atoms with E-state index in [0.717, 1.165) is 12.1 Å². The van der Waals surface area contributed by atoms with Gasteiger partial charge < -0.3 is 10.4 Å². The molecule has 0 atom stereocenters. The maximum absolute atomic E-state index is 9.08. The van der Waals surface area contributed by atoms with Crippen LogP contribution in [0.4, 0.5) is 0 Å². The van der Waals surface area contributed by atoms with Crippen LogP contribution in [0.3, 0.4) is 0 Å². The van der Waals surface area contributed by atoms with Crippen molar-refractivity contribution in [1.29, 1.82) is 0 Å². The Morgan fingerprint density at radius 3 is 2.13 bits per heavy atom. The topological polar surface area (TPSA) is 32.3 Å². The largest absolute Gasteiger partial charge is 0.396 e. The summed E-state index contributed by atoms with van der Waals surface area (Å²) in [6.45, 7) is 0.396. The van der Waals surface area contributed by atoms with Crippen LogP contribution in [0.2, 0.25) is 0 Å². The minimum atomic E-state index is 0.396. The molecule has 2 nitrogen and oxygen atoms in total. The first-order chi connectivity index (χ1) is 7.38. The third-order valence-electron chi connectivity index (χ3n) is 3.80. The molecule has 0 aromatic heterocycles. The summed E-state index contributed by atoms with van der Waals surface area (Å²) < 4.78 is 0. The van der Waals surface area contributed by atoms with Gasteiger partial charge in [0.15, 0.2) is 0 Å². The zero-order chi connectivity index (χ0) is 10.5. The normalized spacial score (nSPS) is 34.2. The molecule has 0 bridgehead atoms. The smallest absolute Gasteiger partial charge is 0.0459 e. The molecule has 1 heterocycles. The van der Waals surface area contributed by atoms with E-state index in [4.69, 9.17) is 5.11 Å². The van der Waals surface area contributed by atoms with E-state index in [2.05, 4.69) is 17.1 Å². The van der Waals surface area contributed by atoms with E-state index < -0.39 is 0 Å². The van der Waals surface area contributed by atoms with E-state index in [1.165, 1.54) is 50.0 Å². The minimum Gasteiger partial charge on any atom is -0.396 e. The van der Waals surface area contributed by atoms with Gasteiger partial charge in [-0.25, -0.2) is 0 Å². The molecular weight excluding hydrogens is 206 g/mol. The summed E-state index contributed by atoms with van der Waals surface area (Å²) in [7, 11) is 0. The number of aliphatic hydroxyl groups is 1. The molecular formula is C12H23NOS. The van der Waals surface area contributed by atoms with E-state index in [9.17, 15) is 0 Å². The molecule has 0 unspecified atom stereocenters. The highest BCUT2D eigenvalue weighted by atomic mass is 32.2. The van der Waals surface area contributed by atoms with E-state index >= 15 is 0 Å².